The first-order valence-electron chi connectivity index (χ1n) is 14.4. The first-order valence-corrected chi connectivity index (χ1v) is 14.8. The van der Waals surface area contributed by atoms with Crippen LogP contribution in [0.1, 0.15) is 52.9 Å². The molecular formula is C31H35ClFN7O3. The van der Waals surface area contributed by atoms with Crippen molar-refractivity contribution in [3.05, 3.63) is 69.4 Å². The zero-order chi connectivity index (χ0) is 31.1. The van der Waals surface area contributed by atoms with Crippen LogP contribution in [-0.4, -0.2) is 66.8 Å². The molecule has 1 aliphatic heterocycles. The van der Waals surface area contributed by atoms with E-state index in [1.54, 1.807) is 29.2 Å². The molecule has 5 rings (SSSR count). The Balaban J connectivity index is 1.72. The van der Waals surface area contributed by atoms with Crippen LogP contribution in [0.5, 0.6) is 0 Å². The van der Waals surface area contributed by atoms with Gasteiger partial charge in [-0.3, -0.25) is 0 Å². The summed E-state index contributed by atoms with van der Waals surface area (Å²) in [6.07, 6.45) is 2.17. The summed E-state index contributed by atoms with van der Waals surface area (Å²) in [6, 6.07) is 7.69. The van der Waals surface area contributed by atoms with E-state index in [-0.39, 0.29) is 28.0 Å². The van der Waals surface area contributed by atoms with Crippen LogP contribution in [0.25, 0.3) is 28.0 Å². The molecule has 226 valence electrons. The number of hydrogen-bond donors (Lipinski definition) is 0. The molecule has 0 N–H and O–H groups in total. The second-order valence-electron chi connectivity index (χ2n) is 11.5. The highest BCUT2D eigenvalue weighted by Gasteiger charge is 2.33. The van der Waals surface area contributed by atoms with Crippen molar-refractivity contribution in [1.82, 2.24) is 29.4 Å². The first kappa shape index (κ1) is 30.3. The molecule has 1 unspecified atom stereocenters. The van der Waals surface area contributed by atoms with Gasteiger partial charge in [-0.25, -0.2) is 33.5 Å². The van der Waals surface area contributed by atoms with Gasteiger partial charge in [-0.1, -0.05) is 37.6 Å². The Bertz CT molecular complexity index is 1730. The van der Waals surface area contributed by atoms with Crippen molar-refractivity contribution in [2.75, 3.05) is 24.5 Å². The van der Waals surface area contributed by atoms with Gasteiger partial charge in [0.2, 0.25) is 0 Å². The Kier molecular flexibility index (Phi) is 8.38. The molecule has 4 aromatic rings. The largest absolute Gasteiger partial charge is 0.444 e. The fourth-order valence-electron chi connectivity index (χ4n) is 5.37. The number of aryl methyl sites for hydroxylation is 2. The van der Waals surface area contributed by atoms with E-state index in [9.17, 15) is 14.0 Å². The highest BCUT2D eigenvalue weighted by Crippen LogP contribution is 2.35. The zero-order valence-electron chi connectivity index (χ0n) is 25.2. The van der Waals surface area contributed by atoms with Gasteiger partial charge in [-0.2, -0.15) is 4.98 Å². The minimum Gasteiger partial charge on any atom is -0.444 e. The van der Waals surface area contributed by atoms with E-state index in [0.717, 1.165) is 0 Å². The summed E-state index contributed by atoms with van der Waals surface area (Å²) in [7, 11) is 0. The average Bonchev–Trinajstić information content (AvgIpc) is 2.96. The van der Waals surface area contributed by atoms with Crippen molar-refractivity contribution in [2.45, 2.75) is 66.0 Å². The number of pyridine rings is 1. The van der Waals surface area contributed by atoms with E-state index in [0.29, 0.717) is 60.8 Å². The number of carbonyl (C=O) groups is 1. The van der Waals surface area contributed by atoms with Crippen LogP contribution >= 0.6 is 11.6 Å². The predicted molar refractivity (Wildman–Crippen MR) is 164 cm³/mol. The molecule has 0 spiro atoms. The first-order chi connectivity index (χ1) is 20.4. The van der Waals surface area contributed by atoms with E-state index in [1.807, 2.05) is 46.4 Å². The molecule has 1 amide bonds. The maximum Gasteiger partial charge on any atom is 0.410 e. The van der Waals surface area contributed by atoms with E-state index < -0.39 is 23.2 Å². The molecule has 10 nitrogen and oxygen atoms in total. The topological polar surface area (TPSA) is 106 Å². The van der Waals surface area contributed by atoms with Crippen LogP contribution < -0.4 is 10.6 Å². The Hall–Kier alpha value is -4.12. The van der Waals surface area contributed by atoms with Crippen LogP contribution in [0.15, 0.2) is 41.5 Å². The van der Waals surface area contributed by atoms with E-state index in [1.165, 1.54) is 17.0 Å². The molecule has 1 aromatic carbocycles. The van der Waals surface area contributed by atoms with Crippen molar-refractivity contribution < 1.29 is 13.9 Å². The molecule has 0 aliphatic carbocycles. The summed E-state index contributed by atoms with van der Waals surface area (Å²) in [6.45, 7) is 12.5. The van der Waals surface area contributed by atoms with Crippen molar-refractivity contribution in [3.63, 3.8) is 0 Å². The number of anilines is 1. The highest BCUT2D eigenvalue weighted by atomic mass is 35.5. The molecule has 1 fully saturated rings. The number of piperazine rings is 1. The number of rotatable bonds is 5. The number of amides is 1. The monoisotopic (exact) mass is 607 g/mol. The van der Waals surface area contributed by atoms with Gasteiger partial charge in [0, 0.05) is 31.2 Å². The molecule has 12 heteroatoms. The molecule has 3 aromatic heterocycles. The molecular weight excluding hydrogens is 573 g/mol. The lowest BCUT2D eigenvalue weighted by molar-refractivity contribution is 0.0218. The van der Waals surface area contributed by atoms with Crippen molar-refractivity contribution >= 4 is 34.5 Å². The number of nitrogens with zero attached hydrogens (tertiary/aromatic N) is 7. The Labute approximate surface area is 254 Å². The maximum absolute atomic E-state index is 15.0. The maximum atomic E-state index is 15.0. The lowest BCUT2D eigenvalue weighted by Crippen LogP contribution is -2.55. The summed E-state index contributed by atoms with van der Waals surface area (Å²) in [4.78, 5) is 48.7. The van der Waals surface area contributed by atoms with Gasteiger partial charge in [-0.05, 0) is 58.7 Å². The third-order valence-corrected chi connectivity index (χ3v) is 7.64. The van der Waals surface area contributed by atoms with Gasteiger partial charge in [-0.15, -0.1) is 0 Å². The lowest BCUT2D eigenvalue weighted by atomic mass is 10.1. The Morgan fingerprint density at radius 3 is 2.37 bits per heavy atom. The smallest absolute Gasteiger partial charge is 0.410 e. The van der Waals surface area contributed by atoms with Gasteiger partial charge in [0.25, 0.3) is 0 Å². The molecule has 1 atom stereocenters. The number of ether oxygens (including phenoxy) is 1. The predicted octanol–water partition coefficient (Wildman–Crippen LogP) is 5.60. The molecule has 0 bridgehead atoms. The Morgan fingerprint density at radius 2 is 1.77 bits per heavy atom. The number of aromatic nitrogens is 5. The number of halogens is 2. The number of carbonyl (C=O) groups excluding carboxylic acids is 1. The fourth-order valence-corrected chi connectivity index (χ4v) is 5.62. The minimum atomic E-state index is -0.617. The third-order valence-electron chi connectivity index (χ3n) is 7.35. The van der Waals surface area contributed by atoms with Gasteiger partial charge in [0.15, 0.2) is 5.65 Å². The summed E-state index contributed by atoms with van der Waals surface area (Å²) in [5.41, 5.74) is 1.32. The zero-order valence-corrected chi connectivity index (χ0v) is 25.9. The number of benzene rings is 1. The van der Waals surface area contributed by atoms with E-state index in [2.05, 4.69) is 15.0 Å². The normalized spacial score (nSPS) is 15.7. The molecule has 1 aliphatic rings. The van der Waals surface area contributed by atoms with Gasteiger partial charge >= 0.3 is 11.8 Å². The minimum absolute atomic E-state index is 0.202. The molecule has 4 heterocycles. The molecule has 43 heavy (non-hydrogen) atoms. The van der Waals surface area contributed by atoms with Gasteiger partial charge < -0.3 is 14.5 Å². The van der Waals surface area contributed by atoms with Crippen molar-refractivity contribution in [2.24, 2.45) is 0 Å². The standard InChI is InChI=1S/C31H35ClFN7O3/c1-7-23-26(24(8-2)35-17-34-23)40-28-20(15-21(32)25(36-28)19-11-9-10-12-22(19)33)27(37-29(40)41)39-14-13-38(16-18(39)3)30(42)43-31(4,5)6/h9-12,15,17-18H,7-8,13-14,16H2,1-6H3. The van der Waals surface area contributed by atoms with E-state index >= 15 is 0 Å². The molecule has 0 saturated carbocycles. The summed E-state index contributed by atoms with van der Waals surface area (Å²) < 4.78 is 22.0. The van der Waals surface area contributed by atoms with Gasteiger partial charge in [0.1, 0.15) is 23.6 Å². The third kappa shape index (κ3) is 5.90. The van der Waals surface area contributed by atoms with Gasteiger partial charge in [0.05, 0.1) is 33.2 Å². The van der Waals surface area contributed by atoms with Crippen molar-refractivity contribution in [3.8, 4) is 16.9 Å². The molecule has 0 radical (unpaired) electrons. The SMILES string of the molecule is CCc1ncnc(CC)c1-n1c(=O)nc(N2CCN(C(=O)OC(C)(C)C)CC2C)c2cc(Cl)c(-c3ccccc3F)nc21. The molecule has 1 saturated heterocycles. The lowest BCUT2D eigenvalue weighted by Gasteiger charge is -2.41. The van der Waals surface area contributed by atoms with Crippen LogP contribution in [0.3, 0.4) is 0 Å². The summed E-state index contributed by atoms with van der Waals surface area (Å²) >= 11 is 6.78. The quantitative estimate of drug-likeness (QED) is 0.289. The van der Waals surface area contributed by atoms with Crippen LogP contribution in [0.2, 0.25) is 5.02 Å². The number of fused-ring (bicyclic) bond motifs is 1. The van der Waals surface area contributed by atoms with Crippen LogP contribution in [0.4, 0.5) is 15.0 Å². The van der Waals surface area contributed by atoms with E-state index in [4.69, 9.17) is 21.3 Å². The second kappa shape index (κ2) is 11.9. The second-order valence-corrected chi connectivity index (χ2v) is 11.9. The van der Waals surface area contributed by atoms with Crippen LogP contribution in [0, 0.1) is 5.82 Å². The van der Waals surface area contributed by atoms with Crippen LogP contribution in [-0.2, 0) is 17.6 Å². The Morgan fingerprint density at radius 1 is 1.09 bits per heavy atom. The van der Waals surface area contributed by atoms with Crippen molar-refractivity contribution in [1.29, 1.82) is 0 Å². The fraction of sp³-hybridized carbons (Fsp3) is 0.419. The highest BCUT2D eigenvalue weighted by molar-refractivity contribution is 6.33. The summed E-state index contributed by atoms with van der Waals surface area (Å²) in [5, 5.41) is 0.719. The number of hydrogen-bond acceptors (Lipinski definition) is 8. The average molecular weight is 608 g/mol. The summed E-state index contributed by atoms with van der Waals surface area (Å²) in [5.74, 6) is -0.104.